The number of carbonyl (C=O) groups excluding carboxylic acids is 2. The van der Waals surface area contributed by atoms with Gasteiger partial charge in [-0.15, -0.1) is 0 Å². The molecular formula is C19H26N2O5S. The van der Waals surface area contributed by atoms with Gasteiger partial charge in [0.1, 0.15) is 12.4 Å². The fraction of sp³-hybridized carbons (Fsp3) is 0.526. The van der Waals surface area contributed by atoms with E-state index in [2.05, 4.69) is 10.6 Å². The first kappa shape index (κ1) is 21.1. The van der Waals surface area contributed by atoms with Gasteiger partial charge >= 0.3 is 5.97 Å². The van der Waals surface area contributed by atoms with Crippen molar-refractivity contribution in [1.29, 1.82) is 0 Å². The summed E-state index contributed by atoms with van der Waals surface area (Å²) in [6.45, 7) is 3.63. The standard InChI is InChI=1S/C19H26N2O5S/c1-2-11-25-18(23)10-9-17(22)21-19(27)20-14-5-7-15(8-6-14)26-13-16-4-3-12-24-16/h5-8,16H,2-4,9-13H2,1H3,(H2,20,21,22,27)/t16-/m1/s1. The third kappa shape index (κ3) is 8.36. The van der Waals surface area contributed by atoms with Crippen LogP contribution < -0.4 is 15.4 Å². The zero-order valence-electron chi connectivity index (χ0n) is 15.5. The van der Waals surface area contributed by atoms with Crippen LogP contribution in [0.15, 0.2) is 24.3 Å². The van der Waals surface area contributed by atoms with Gasteiger partial charge in [0.2, 0.25) is 5.91 Å². The van der Waals surface area contributed by atoms with E-state index < -0.39 is 0 Å². The summed E-state index contributed by atoms with van der Waals surface area (Å²) >= 11 is 5.11. The minimum Gasteiger partial charge on any atom is -0.491 e. The lowest BCUT2D eigenvalue weighted by molar-refractivity contribution is -0.144. The first-order valence-corrected chi connectivity index (χ1v) is 9.58. The van der Waals surface area contributed by atoms with Crippen molar-refractivity contribution in [2.24, 2.45) is 0 Å². The summed E-state index contributed by atoms with van der Waals surface area (Å²) in [5, 5.41) is 5.64. The maximum Gasteiger partial charge on any atom is 0.306 e. The average Bonchev–Trinajstić information content (AvgIpc) is 3.17. The normalized spacial score (nSPS) is 15.8. The van der Waals surface area contributed by atoms with E-state index in [1.54, 1.807) is 0 Å². The molecule has 0 aromatic heterocycles. The number of thiocarbonyl (C=S) groups is 1. The van der Waals surface area contributed by atoms with E-state index in [1.165, 1.54) is 0 Å². The van der Waals surface area contributed by atoms with Gasteiger partial charge in [-0.05, 0) is 55.7 Å². The topological polar surface area (TPSA) is 85.9 Å². The summed E-state index contributed by atoms with van der Waals surface area (Å²) < 4.78 is 16.1. The molecule has 1 saturated heterocycles. The summed E-state index contributed by atoms with van der Waals surface area (Å²) in [5.74, 6) is 0.0264. The number of esters is 1. The maximum absolute atomic E-state index is 11.8. The fourth-order valence-corrected chi connectivity index (χ4v) is 2.69. The number of hydrogen-bond acceptors (Lipinski definition) is 6. The number of hydrogen-bond donors (Lipinski definition) is 2. The zero-order valence-corrected chi connectivity index (χ0v) is 16.3. The molecule has 0 radical (unpaired) electrons. The Bertz CT molecular complexity index is 629. The Morgan fingerprint density at radius 2 is 2.04 bits per heavy atom. The average molecular weight is 394 g/mol. The van der Waals surface area contributed by atoms with E-state index in [0.29, 0.717) is 13.2 Å². The summed E-state index contributed by atoms with van der Waals surface area (Å²) in [5.41, 5.74) is 0.729. The number of anilines is 1. The van der Waals surface area contributed by atoms with Crippen LogP contribution in [0.25, 0.3) is 0 Å². The van der Waals surface area contributed by atoms with E-state index in [1.807, 2.05) is 31.2 Å². The Labute approximate surface area is 164 Å². The number of ether oxygens (including phenoxy) is 3. The number of carbonyl (C=O) groups is 2. The highest BCUT2D eigenvalue weighted by Crippen LogP contribution is 2.18. The van der Waals surface area contributed by atoms with Crippen molar-refractivity contribution < 1.29 is 23.8 Å². The molecule has 0 bridgehead atoms. The number of amides is 1. The van der Waals surface area contributed by atoms with Crippen LogP contribution in [0.3, 0.4) is 0 Å². The largest absolute Gasteiger partial charge is 0.491 e. The molecule has 1 fully saturated rings. The lowest BCUT2D eigenvalue weighted by Crippen LogP contribution is -2.34. The van der Waals surface area contributed by atoms with Gasteiger partial charge in [0.15, 0.2) is 5.11 Å². The molecule has 2 N–H and O–H groups in total. The molecule has 1 aromatic carbocycles. The highest BCUT2D eigenvalue weighted by Gasteiger charge is 2.16. The lowest BCUT2D eigenvalue weighted by Gasteiger charge is -2.13. The molecule has 0 aliphatic carbocycles. The highest BCUT2D eigenvalue weighted by molar-refractivity contribution is 7.80. The Kier molecular flexibility index (Phi) is 9.00. The molecule has 1 atom stereocenters. The molecular weight excluding hydrogens is 368 g/mol. The molecule has 1 amide bonds. The van der Waals surface area contributed by atoms with Gasteiger partial charge < -0.3 is 24.8 Å². The second-order valence-electron chi connectivity index (χ2n) is 6.19. The van der Waals surface area contributed by atoms with Gasteiger partial charge in [-0.3, -0.25) is 9.59 Å². The van der Waals surface area contributed by atoms with E-state index in [9.17, 15) is 9.59 Å². The Balaban J connectivity index is 1.67. The number of benzene rings is 1. The molecule has 27 heavy (non-hydrogen) atoms. The van der Waals surface area contributed by atoms with Crippen LogP contribution in [0, 0.1) is 0 Å². The van der Waals surface area contributed by atoms with Crippen LogP contribution in [0.1, 0.15) is 39.0 Å². The zero-order chi connectivity index (χ0) is 19.5. The van der Waals surface area contributed by atoms with Gasteiger partial charge in [-0.25, -0.2) is 0 Å². The maximum atomic E-state index is 11.8. The molecule has 1 aromatic rings. The molecule has 1 aliphatic rings. The van der Waals surface area contributed by atoms with Gasteiger partial charge in [0, 0.05) is 18.7 Å². The third-order valence-electron chi connectivity index (χ3n) is 3.85. The van der Waals surface area contributed by atoms with Gasteiger partial charge in [-0.2, -0.15) is 0 Å². The summed E-state index contributed by atoms with van der Waals surface area (Å²) in [6, 6.07) is 7.27. The molecule has 8 heteroatoms. The lowest BCUT2D eigenvalue weighted by atomic mass is 10.2. The predicted molar refractivity (Wildman–Crippen MR) is 106 cm³/mol. The van der Waals surface area contributed by atoms with Crippen LogP contribution in [0.2, 0.25) is 0 Å². The molecule has 0 saturated carbocycles. The Hall–Kier alpha value is -2.19. The van der Waals surface area contributed by atoms with Crippen LogP contribution in [0.5, 0.6) is 5.75 Å². The molecule has 148 valence electrons. The number of nitrogens with one attached hydrogen (secondary N) is 2. The van der Waals surface area contributed by atoms with Gasteiger partial charge in [0.25, 0.3) is 0 Å². The first-order chi connectivity index (χ1) is 13.1. The minimum absolute atomic E-state index is 0.0282. The second kappa shape index (κ2) is 11.5. The monoisotopic (exact) mass is 394 g/mol. The molecule has 1 aliphatic heterocycles. The first-order valence-electron chi connectivity index (χ1n) is 9.17. The molecule has 1 heterocycles. The summed E-state index contributed by atoms with van der Waals surface area (Å²) in [7, 11) is 0. The van der Waals surface area contributed by atoms with Crippen LogP contribution in [0.4, 0.5) is 5.69 Å². The van der Waals surface area contributed by atoms with Crippen molar-refractivity contribution in [3.63, 3.8) is 0 Å². The van der Waals surface area contributed by atoms with Crippen LogP contribution in [-0.2, 0) is 19.1 Å². The van der Waals surface area contributed by atoms with Gasteiger partial charge in [-0.1, -0.05) is 6.92 Å². The molecule has 2 rings (SSSR count). The molecule has 0 spiro atoms. The van der Waals surface area contributed by atoms with Crippen molar-refractivity contribution in [2.75, 3.05) is 25.1 Å². The molecule has 0 unspecified atom stereocenters. The quantitative estimate of drug-likeness (QED) is 0.492. The predicted octanol–water partition coefficient (Wildman–Crippen LogP) is 2.79. The Morgan fingerprint density at radius 1 is 1.26 bits per heavy atom. The van der Waals surface area contributed by atoms with Crippen LogP contribution >= 0.6 is 12.2 Å². The van der Waals surface area contributed by atoms with Crippen LogP contribution in [-0.4, -0.2) is 42.9 Å². The smallest absolute Gasteiger partial charge is 0.306 e. The van der Waals surface area contributed by atoms with Crippen molar-refractivity contribution >= 4 is 34.9 Å². The third-order valence-corrected chi connectivity index (χ3v) is 4.05. The van der Waals surface area contributed by atoms with E-state index in [-0.39, 0.29) is 35.9 Å². The Morgan fingerprint density at radius 3 is 2.70 bits per heavy atom. The summed E-state index contributed by atoms with van der Waals surface area (Å²) in [4.78, 5) is 23.2. The summed E-state index contributed by atoms with van der Waals surface area (Å²) in [6.07, 6.45) is 3.10. The second-order valence-corrected chi connectivity index (χ2v) is 6.60. The molecule has 7 nitrogen and oxygen atoms in total. The van der Waals surface area contributed by atoms with Crippen molar-refractivity contribution in [3.8, 4) is 5.75 Å². The van der Waals surface area contributed by atoms with E-state index in [0.717, 1.165) is 37.3 Å². The van der Waals surface area contributed by atoms with Crippen molar-refractivity contribution in [2.45, 2.75) is 45.1 Å². The van der Waals surface area contributed by atoms with Crippen molar-refractivity contribution in [1.82, 2.24) is 5.32 Å². The highest BCUT2D eigenvalue weighted by atomic mass is 32.1. The van der Waals surface area contributed by atoms with Gasteiger partial charge in [0.05, 0.1) is 19.1 Å². The fourth-order valence-electron chi connectivity index (χ4n) is 2.45. The minimum atomic E-state index is -0.385. The van der Waals surface area contributed by atoms with Crippen molar-refractivity contribution in [3.05, 3.63) is 24.3 Å². The number of rotatable bonds is 9. The van der Waals surface area contributed by atoms with E-state index in [4.69, 9.17) is 26.4 Å². The van der Waals surface area contributed by atoms with E-state index >= 15 is 0 Å². The SMILES string of the molecule is CCCOC(=O)CCC(=O)NC(=S)Nc1ccc(OC[C@H]2CCCO2)cc1.